The van der Waals surface area contributed by atoms with Gasteiger partial charge in [-0.2, -0.15) is 0 Å². The lowest BCUT2D eigenvalue weighted by Gasteiger charge is -2.01. The zero-order valence-corrected chi connectivity index (χ0v) is 10.4. The SMILES string of the molecule is CS(=O)(=O)c1cnc(-c2ccc(Cl)nc2)cn1. The van der Waals surface area contributed by atoms with Gasteiger partial charge in [-0.3, -0.25) is 4.98 Å². The molecule has 2 aromatic rings. The summed E-state index contributed by atoms with van der Waals surface area (Å²) in [5.74, 6) is 0. The molecule has 0 atom stereocenters. The smallest absolute Gasteiger partial charge is 0.194 e. The summed E-state index contributed by atoms with van der Waals surface area (Å²) < 4.78 is 22.4. The first-order valence-corrected chi connectivity index (χ1v) is 6.88. The Balaban J connectivity index is 2.39. The quantitative estimate of drug-likeness (QED) is 0.774. The van der Waals surface area contributed by atoms with Gasteiger partial charge in [0.15, 0.2) is 14.9 Å². The molecule has 0 N–H and O–H groups in total. The Bertz CT molecular complexity index is 624. The molecule has 0 saturated carbocycles. The first kappa shape index (κ1) is 11.9. The minimum Gasteiger partial charge on any atom is -0.252 e. The lowest BCUT2D eigenvalue weighted by molar-refractivity contribution is 0.597. The predicted octanol–water partition coefficient (Wildman–Crippen LogP) is 1.60. The summed E-state index contributed by atoms with van der Waals surface area (Å²) in [5.41, 5.74) is 1.27. The van der Waals surface area contributed by atoms with Crippen LogP contribution in [0.15, 0.2) is 35.7 Å². The highest BCUT2D eigenvalue weighted by Gasteiger charge is 2.09. The zero-order valence-electron chi connectivity index (χ0n) is 8.83. The Hall–Kier alpha value is -1.53. The van der Waals surface area contributed by atoms with E-state index in [4.69, 9.17) is 11.6 Å². The van der Waals surface area contributed by atoms with Crippen LogP contribution >= 0.6 is 11.6 Å². The number of hydrogen-bond acceptors (Lipinski definition) is 5. The van der Waals surface area contributed by atoms with Gasteiger partial charge in [0, 0.05) is 18.0 Å². The Morgan fingerprint density at radius 3 is 2.29 bits per heavy atom. The minimum atomic E-state index is -3.32. The summed E-state index contributed by atoms with van der Waals surface area (Å²) in [6.07, 6.45) is 5.24. The normalized spacial score (nSPS) is 11.4. The largest absolute Gasteiger partial charge is 0.252 e. The van der Waals surface area contributed by atoms with Crippen LogP contribution in [0.4, 0.5) is 0 Å². The van der Waals surface area contributed by atoms with Crippen LogP contribution in [0.3, 0.4) is 0 Å². The van der Waals surface area contributed by atoms with E-state index < -0.39 is 9.84 Å². The average Bonchev–Trinajstić information content (AvgIpc) is 2.29. The van der Waals surface area contributed by atoms with Crippen molar-refractivity contribution in [2.24, 2.45) is 0 Å². The summed E-state index contributed by atoms with van der Waals surface area (Å²) in [4.78, 5) is 11.8. The molecule has 0 saturated heterocycles. The summed E-state index contributed by atoms with van der Waals surface area (Å²) in [6.45, 7) is 0. The maximum atomic E-state index is 11.2. The molecular formula is C10H8ClN3O2S. The molecule has 88 valence electrons. The molecule has 2 aromatic heterocycles. The Morgan fingerprint density at radius 2 is 1.82 bits per heavy atom. The molecule has 0 unspecified atom stereocenters. The van der Waals surface area contributed by atoms with Crippen LogP contribution < -0.4 is 0 Å². The van der Waals surface area contributed by atoms with Crippen LogP contribution in [0.1, 0.15) is 0 Å². The lowest BCUT2D eigenvalue weighted by Crippen LogP contribution is -2.01. The number of hydrogen-bond donors (Lipinski definition) is 0. The van der Waals surface area contributed by atoms with Gasteiger partial charge in [-0.05, 0) is 12.1 Å². The van der Waals surface area contributed by atoms with Gasteiger partial charge in [-0.25, -0.2) is 18.4 Å². The molecule has 0 amide bonds. The molecule has 0 radical (unpaired) electrons. The standard InChI is InChI=1S/C10H8ClN3O2S/c1-17(15,16)10-6-12-8(5-14-10)7-2-3-9(11)13-4-7/h2-6H,1H3. The van der Waals surface area contributed by atoms with E-state index in [0.29, 0.717) is 10.8 Å². The third-order valence-electron chi connectivity index (χ3n) is 2.03. The summed E-state index contributed by atoms with van der Waals surface area (Å²) in [7, 11) is -3.32. The van der Waals surface area contributed by atoms with Gasteiger partial charge in [0.2, 0.25) is 0 Å². The topological polar surface area (TPSA) is 72.8 Å². The van der Waals surface area contributed by atoms with Gasteiger partial charge in [0.25, 0.3) is 0 Å². The highest BCUT2D eigenvalue weighted by atomic mass is 35.5. The van der Waals surface area contributed by atoms with Crippen molar-refractivity contribution >= 4 is 21.4 Å². The highest BCUT2D eigenvalue weighted by Crippen LogP contribution is 2.17. The predicted molar refractivity (Wildman–Crippen MR) is 63.4 cm³/mol. The van der Waals surface area contributed by atoms with Crippen LogP contribution in [-0.4, -0.2) is 29.6 Å². The molecular weight excluding hydrogens is 262 g/mol. The first-order chi connectivity index (χ1) is 7.97. The first-order valence-electron chi connectivity index (χ1n) is 4.61. The lowest BCUT2D eigenvalue weighted by atomic mass is 10.2. The number of sulfone groups is 1. The number of nitrogens with zero attached hydrogens (tertiary/aromatic N) is 3. The van der Waals surface area contributed by atoms with Crippen LogP contribution in [0, 0.1) is 0 Å². The molecule has 0 aliphatic carbocycles. The highest BCUT2D eigenvalue weighted by molar-refractivity contribution is 7.90. The van der Waals surface area contributed by atoms with Crippen LogP contribution in [0.25, 0.3) is 11.3 Å². The monoisotopic (exact) mass is 269 g/mol. The second kappa shape index (κ2) is 4.38. The molecule has 2 heterocycles. The molecule has 5 nitrogen and oxygen atoms in total. The van der Waals surface area contributed by atoms with E-state index in [9.17, 15) is 8.42 Å². The van der Waals surface area contributed by atoms with Gasteiger partial charge < -0.3 is 0 Å². The fourth-order valence-electron chi connectivity index (χ4n) is 1.18. The Labute approximate surface area is 103 Å². The van der Waals surface area contributed by atoms with Crippen molar-refractivity contribution in [3.8, 4) is 11.3 Å². The molecule has 0 spiro atoms. The molecule has 0 fully saturated rings. The van der Waals surface area contributed by atoms with Crippen molar-refractivity contribution in [1.82, 2.24) is 15.0 Å². The molecule has 2 rings (SSSR count). The third-order valence-corrected chi connectivity index (χ3v) is 3.23. The zero-order chi connectivity index (χ0) is 12.5. The van der Waals surface area contributed by atoms with E-state index in [1.807, 2.05) is 0 Å². The van der Waals surface area contributed by atoms with Gasteiger partial charge in [-0.1, -0.05) is 11.6 Å². The van der Waals surface area contributed by atoms with Crippen LogP contribution in [0.5, 0.6) is 0 Å². The van der Waals surface area contributed by atoms with E-state index in [2.05, 4.69) is 15.0 Å². The Kier molecular flexibility index (Phi) is 3.08. The average molecular weight is 270 g/mol. The van der Waals surface area contributed by atoms with Crippen LogP contribution in [0.2, 0.25) is 5.15 Å². The van der Waals surface area contributed by atoms with E-state index in [-0.39, 0.29) is 5.03 Å². The van der Waals surface area contributed by atoms with Crippen molar-refractivity contribution in [3.05, 3.63) is 35.9 Å². The van der Waals surface area contributed by atoms with Gasteiger partial charge in [0.05, 0.1) is 18.1 Å². The van der Waals surface area contributed by atoms with E-state index >= 15 is 0 Å². The van der Waals surface area contributed by atoms with Gasteiger partial charge in [-0.15, -0.1) is 0 Å². The molecule has 0 aromatic carbocycles. The maximum absolute atomic E-state index is 11.2. The second-order valence-corrected chi connectivity index (χ2v) is 5.73. The van der Waals surface area contributed by atoms with Crippen molar-refractivity contribution < 1.29 is 8.42 Å². The summed E-state index contributed by atoms with van der Waals surface area (Å²) in [6, 6.07) is 3.36. The number of pyridine rings is 1. The molecule has 7 heteroatoms. The molecule has 0 aliphatic rings. The summed E-state index contributed by atoms with van der Waals surface area (Å²) in [5, 5.41) is 0.331. The maximum Gasteiger partial charge on any atom is 0.194 e. The summed E-state index contributed by atoms with van der Waals surface area (Å²) >= 11 is 5.66. The Morgan fingerprint density at radius 1 is 1.06 bits per heavy atom. The van der Waals surface area contributed by atoms with Crippen molar-refractivity contribution in [2.75, 3.05) is 6.26 Å². The number of rotatable bonds is 2. The van der Waals surface area contributed by atoms with Gasteiger partial charge in [0.1, 0.15) is 5.15 Å². The van der Waals surface area contributed by atoms with Crippen molar-refractivity contribution in [3.63, 3.8) is 0 Å². The van der Waals surface area contributed by atoms with Crippen molar-refractivity contribution in [2.45, 2.75) is 5.03 Å². The van der Waals surface area contributed by atoms with E-state index in [0.717, 1.165) is 11.8 Å². The van der Waals surface area contributed by atoms with Gasteiger partial charge >= 0.3 is 0 Å². The minimum absolute atomic E-state index is 0.0526. The fraction of sp³-hybridized carbons (Fsp3) is 0.100. The molecule has 0 aliphatic heterocycles. The number of halogens is 1. The third kappa shape index (κ3) is 2.78. The van der Waals surface area contributed by atoms with Crippen molar-refractivity contribution in [1.29, 1.82) is 0 Å². The van der Waals surface area contributed by atoms with E-state index in [1.165, 1.54) is 12.4 Å². The van der Waals surface area contributed by atoms with E-state index in [1.54, 1.807) is 18.3 Å². The van der Waals surface area contributed by atoms with Crippen LogP contribution in [-0.2, 0) is 9.84 Å². The fourth-order valence-corrected chi connectivity index (χ4v) is 1.78. The molecule has 17 heavy (non-hydrogen) atoms. The number of aromatic nitrogens is 3. The molecule has 0 bridgehead atoms. The second-order valence-electron chi connectivity index (χ2n) is 3.38.